The van der Waals surface area contributed by atoms with E-state index in [1.165, 1.54) is 70.6 Å². The second-order valence-electron chi connectivity index (χ2n) is 15.1. The van der Waals surface area contributed by atoms with Crippen molar-refractivity contribution in [2.75, 3.05) is 25.6 Å². The highest BCUT2D eigenvalue weighted by molar-refractivity contribution is 6.76. The van der Waals surface area contributed by atoms with Crippen LogP contribution in [0.1, 0.15) is 52.2 Å². The number of carbonyl (C=O) groups excluding carboxylic acids is 2. The molecule has 67 heavy (non-hydrogen) atoms. The van der Waals surface area contributed by atoms with Crippen molar-refractivity contribution in [3.05, 3.63) is 71.8 Å². The average Bonchev–Trinajstić information content (AvgIpc) is 3.21. The molecule has 382 valence electrons. The third kappa shape index (κ3) is 12.0. The molecule has 0 aliphatic heterocycles. The molecule has 9 nitrogen and oxygen atoms in total. The van der Waals surface area contributed by atoms with Crippen molar-refractivity contribution < 1.29 is 117 Å². The fourth-order valence-corrected chi connectivity index (χ4v) is 10.9. The number of alkyl halides is 17. The van der Waals surface area contributed by atoms with Crippen LogP contribution in [0.2, 0.25) is 17.1 Å². The number of carbonyl (C=O) groups is 2. The smallest absolute Gasteiger partial charge is 0.460 e. The minimum absolute atomic E-state index is 0.0107. The highest BCUT2D eigenvalue weighted by Crippen LogP contribution is 2.64. The molecule has 0 aliphatic carbocycles. The number of hydroxylamine groups is 1. The van der Waals surface area contributed by atoms with Crippen molar-refractivity contribution in [3.8, 4) is 5.75 Å². The van der Waals surface area contributed by atoms with Crippen molar-refractivity contribution in [1.82, 2.24) is 5.48 Å². The highest BCUT2D eigenvalue weighted by Gasteiger charge is 2.95. The molecule has 2 atom stereocenters. The van der Waals surface area contributed by atoms with Crippen molar-refractivity contribution in [3.63, 3.8) is 0 Å². The third-order valence-electron chi connectivity index (χ3n) is 10.3. The Bertz CT molecular complexity index is 1990. The molecule has 2 aromatic carbocycles. The summed E-state index contributed by atoms with van der Waals surface area (Å²) in [7, 11) is -2.90. The molecule has 2 amide bonds. The number of rotatable bonds is 24. The van der Waals surface area contributed by atoms with Gasteiger partial charge in [0.15, 0.2) is 14.4 Å². The van der Waals surface area contributed by atoms with E-state index in [2.05, 4.69) is 5.32 Å². The molecule has 0 heterocycles. The van der Waals surface area contributed by atoms with Crippen molar-refractivity contribution in [2.45, 2.75) is 118 Å². The van der Waals surface area contributed by atoms with Gasteiger partial charge >= 0.3 is 53.7 Å². The quantitative estimate of drug-likeness (QED) is 0.0240. The Labute approximate surface area is 369 Å². The minimum atomic E-state index is -8.73. The van der Waals surface area contributed by atoms with Gasteiger partial charge in [-0.05, 0) is 53.4 Å². The predicted molar refractivity (Wildman–Crippen MR) is 198 cm³/mol. The van der Waals surface area contributed by atoms with E-state index in [1.807, 2.05) is 0 Å². The maximum absolute atomic E-state index is 15.0. The van der Waals surface area contributed by atoms with Crippen molar-refractivity contribution >= 4 is 26.0 Å². The molecule has 0 unspecified atom stereocenters. The molecule has 0 spiro atoms. The van der Waals surface area contributed by atoms with E-state index in [-0.39, 0.29) is 17.7 Å². The van der Waals surface area contributed by atoms with Crippen LogP contribution in [0.25, 0.3) is 0 Å². The monoisotopic (exact) mass is 1030 g/mol. The first-order valence-electron chi connectivity index (χ1n) is 19.0. The lowest BCUT2D eigenvalue weighted by molar-refractivity contribution is -0.461. The van der Waals surface area contributed by atoms with Crippen LogP contribution in [0, 0.1) is 11.6 Å². The number of amides is 2. The molecule has 0 saturated heterocycles. The van der Waals surface area contributed by atoms with Crippen LogP contribution >= 0.6 is 0 Å². The van der Waals surface area contributed by atoms with Gasteiger partial charge in [0.25, 0.3) is 5.91 Å². The van der Waals surface area contributed by atoms with Crippen LogP contribution in [-0.4, -0.2) is 99.6 Å². The SMILES string of the molecule is CO[C@H](C/C=C/C(=O)NO)[C@H](OC(=O)Nc1ccc(F)cc1F)c1ccc(OCCO[Si](CCC(F)(F)C(F)(F)C(F)(F)C(F)(F)C(F)(F)C(F)(F)C(F)(F)C(F)(F)F)(C(C)C)C(C)C)cc1. The molecule has 0 aliphatic rings. The minimum Gasteiger partial charge on any atom is -0.491 e. The number of nitrogens with one attached hydrogen (secondary N) is 2. The van der Waals surface area contributed by atoms with Gasteiger partial charge in [0.05, 0.1) is 12.3 Å². The summed E-state index contributed by atoms with van der Waals surface area (Å²) in [5.74, 6) is -60.2. The van der Waals surface area contributed by atoms with Gasteiger partial charge in [0, 0.05) is 25.7 Å². The van der Waals surface area contributed by atoms with E-state index >= 15 is 0 Å². The maximum Gasteiger partial charge on any atom is 0.460 e. The lowest BCUT2D eigenvalue weighted by Crippen LogP contribution is -2.74. The average molecular weight is 1030 g/mol. The van der Waals surface area contributed by atoms with E-state index in [4.69, 9.17) is 23.8 Å². The van der Waals surface area contributed by atoms with Gasteiger partial charge in [-0.2, -0.15) is 74.6 Å². The number of methoxy groups -OCH3 is 1. The summed E-state index contributed by atoms with van der Waals surface area (Å²) in [5.41, 5.74) is -0.885. The molecular weight excluding hydrogens is 985 g/mol. The molecule has 0 bridgehead atoms. The topological polar surface area (TPSA) is 115 Å². The zero-order chi connectivity index (χ0) is 52.0. The van der Waals surface area contributed by atoms with Gasteiger partial charge in [0.1, 0.15) is 30.1 Å². The molecular formula is C38H41F19N2O7Si. The summed E-state index contributed by atoms with van der Waals surface area (Å²) in [4.78, 5) is 24.3. The molecule has 2 aromatic rings. The van der Waals surface area contributed by atoms with Crippen LogP contribution in [0.5, 0.6) is 5.75 Å². The van der Waals surface area contributed by atoms with Gasteiger partial charge in [0.2, 0.25) is 0 Å². The maximum atomic E-state index is 15.0. The molecule has 0 fully saturated rings. The summed E-state index contributed by atoms with van der Waals surface area (Å²) in [6.45, 7) is 3.96. The van der Waals surface area contributed by atoms with Gasteiger partial charge < -0.3 is 18.6 Å². The van der Waals surface area contributed by atoms with Crippen molar-refractivity contribution in [1.29, 1.82) is 0 Å². The standard InChI is InChI=1S/C38H41F19N2O7Si/c1-20(2)67(21(3)4,18-15-31(41,42)32(43,44)33(45,46)34(47,48)35(49,50)36(51,52)37(53,54)38(55,56)57)65-17-16-64-24-12-9-22(10-13-24)29(27(63-5)7-6-8-28(60)59-62)66-30(61)58-26-14-11-23(39)19-25(26)40/h6,8-14,19-21,27,29,62H,7,15-18H2,1-5H3,(H,58,61)(H,59,60)/b8-6+/t27-,29-/m1/s1. The summed E-state index contributed by atoms with van der Waals surface area (Å²) < 4.78 is 286. The summed E-state index contributed by atoms with van der Waals surface area (Å²) in [6.07, 6.45) is -12.3. The number of benzene rings is 2. The van der Waals surface area contributed by atoms with Gasteiger partial charge in [-0.1, -0.05) is 45.9 Å². The molecule has 2 rings (SSSR count). The van der Waals surface area contributed by atoms with Gasteiger partial charge in [-0.15, -0.1) is 0 Å². The number of halogens is 19. The Morgan fingerprint density at radius 2 is 1.22 bits per heavy atom. The van der Waals surface area contributed by atoms with E-state index in [0.717, 1.165) is 18.2 Å². The Balaban J connectivity index is 2.33. The molecule has 0 aromatic heterocycles. The summed E-state index contributed by atoms with van der Waals surface area (Å²) in [5, 5.41) is 10.8. The lowest BCUT2D eigenvalue weighted by Gasteiger charge is -2.44. The Morgan fingerprint density at radius 1 is 0.716 bits per heavy atom. The molecule has 3 N–H and O–H groups in total. The molecule has 29 heteroatoms. The van der Waals surface area contributed by atoms with E-state index < -0.39 is 134 Å². The highest BCUT2D eigenvalue weighted by atomic mass is 28.4. The van der Waals surface area contributed by atoms with Crippen LogP contribution in [-0.2, 0) is 18.7 Å². The van der Waals surface area contributed by atoms with Crippen LogP contribution < -0.4 is 15.5 Å². The Hall–Kier alpha value is -4.51. The number of anilines is 1. The first kappa shape index (κ1) is 58.6. The summed E-state index contributed by atoms with van der Waals surface area (Å²) >= 11 is 0. The lowest BCUT2D eigenvalue weighted by atomic mass is 9.88. The second-order valence-corrected chi connectivity index (χ2v) is 20.2. The normalized spacial score (nSPS) is 15.0. The van der Waals surface area contributed by atoms with Gasteiger partial charge in [-0.3, -0.25) is 15.3 Å². The van der Waals surface area contributed by atoms with E-state index in [9.17, 15) is 93.0 Å². The predicted octanol–water partition coefficient (Wildman–Crippen LogP) is 12.3. The van der Waals surface area contributed by atoms with Crippen LogP contribution in [0.15, 0.2) is 54.6 Å². The second kappa shape index (κ2) is 21.4. The fourth-order valence-electron chi connectivity index (χ4n) is 6.39. The Morgan fingerprint density at radius 3 is 1.69 bits per heavy atom. The van der Waals surface area contributed by atoms with Gasteiger partial charge in [-0.25, -0.2) is 19.1 Å². The van der Waals surface area contributed by atoms with Crippen LogP contribution in [0.4, 0.5) is 93.9 Å². The number of hydrogen-bond donors (Lipinski definition) is 3. The van der Waals surface area contributed by atoms with E-state index in [0.29, 0.717) is 6.07 Å². The number of hydrogen-bond acceptors (Lipinski definition) is 7. The zero-order valence-corrected chi connectivity index (χ0v) is 36.1. The third-order valence-corrected chi connectivity index (χ3v) is 16.0. The van der Waals surface area contributed by atoms with E-state index in [1.54, 1.807) is 0 Å². The molecule has 0 radical (unpaired) electrons. The number of ether oxygens (including phenoxy) is 3. The first-order valence-corrected chi connectivity index (χ1v) is 21.3. The Kier molecular flexibility index (Phi) is 18.7. The van der Waals surface area contributed by atoms with Crippen molar-refractivity contribution in [2.24, 2.45) is 0 Å². The zero-order valence-electron chi connectivity index (χ0n) is 35.1. The summed E-state index contributed by atoms with van der Waals surface area (Å²) in [6, 6.07) is 5.90. The molecule has 0 saturated carbocycles. The largest absolute Gasteiger partial charge is 0.491 e. The fraction of sp³-hybridized carbons (Fsp3) is 0.579. The first-order chi connectivity index (χ1) is 30.4. The van der Waals surface area contributed by atoms with Crippen LogP contribution in [0.3, 0.4) is 0 Å².